The molecule has 2 N–H and O–H groups in total. The fourth-order valence-electron chi connectivity index (χ4n) is 3.82. The van der Waals surface area contributed by atoms with Crippen LogP contribution < -0.4 is 5.73 Å². The molecule has 0 bridgehead atoms. The molecule has 2 heterocycles. The number of hydrogen-bond donors (Lipinski definition) is 1. The van der Waals surface area contributed by atoms with Crippen molar-refractivity contribution >= 4 is 11.8 Å². The molecule has 118 valence electrons. The predicted molar refractivity (Wildman–Crippen MR) is 88.3 cm³/mol. The zero-order valence-electron chi connectivity index (χ0n) is 13.7. The third kappa shape index (κ3) is 3.18. The van der Waals surface area contributed by atoms with Crippen LogP contribution in [0.5, 0.6) is 0 Å². The van der Waals surface area contributed by atoms with E-state index in [0.717, 1.165) is 25.9 Å². The molecular weight excluding hydrogens is 268 g/mol. The molecule has 3 unspecified atom stereocenters. The van der Waals surface area contributed by atoms with Crippen LogP contribution in [0, 0.1) is 5.92 Å². The lowest BCUT2D eigenvalue weighted by atomic mass is 9.72. The summed E-state index contributed by atoms with van der Waals surface area (Å²) in [6.45, 7) is 5.47. The van der Waals surface area contributed by atoms with Crippen LogP contribution in [0.1, 0.15) is 46.0 Å². The Hall–Kier alpha value is 0.230. The largest absolute Gasteiger partial charge is 0.375 e. The summed E-state index contributed by atoms with van der Waals surface area (Å²) in [5.41, 5.74) is 6.96. The molecule has 2 rings (SSSR count). The van der Waals surface area contributed by atoms with Gasteiger partial charge in [0.15, 0.2) is 0 Å². The second-order valence-electron chi connectivity index (χ2n) is 7.03. The third-order valence-electron chi connectivity index (χ3n) is 5.90. The molecular formula is C16H32N2OS. The lowest BCUT2D eigenvalue weighted by molar-refractivity contribution is -0.112. The Morgan fingerprint density at radius 2 is 2.05 bits per heavy atom. The minimum atomic E-state index is 0.0899. The Morgan fingerprint density at radius 3 is 2.60 bits per heavy atom. The smallest absolute Gasteiger partial charge is 0.0701 e. The van der Waals surface area contributed by atoms with E-state index in [0.29, 0.717) is 5.92 Å². The van der Waals surface area contributed by atoms with Crippen LogP contribution in [0.2, 0.25) is 0 Å². The number of likely N-dealkylation sites (N-methyl/N-ethyl adjacent to an activating group) is 1. The van der Waals surface area contributed by atoms with Crippen molar-refractivity contribution in [2.24, 2.45) is 11.7 Å². The van der Waals surface area contributed by atoms with Gasteiger partial charge in [0.05, 0.1) is 5.60 Å². The summed E-state index contributed by atoms with van der Waals surface area (Å²) in [7, 11) is 4.32. The maximum atomic E-state index is 6.73. The van der Waals surface area contributed by atoms with E-state index in [1.807, 2.05) is 0 Å². The van der Waals surface area contributed by atoms with Gasteiger partial charge in [-0.3, -0.25) is 0 Å². The summed E-state index contributed by atoms with van der Waals surface area (Å²) in [6.07, 6.45) is 5.82. The van der Waals surface area contributed by atoms with Crippen molar-refractivity contribution in [3.05, 3.63) is 0 Å². The highest BCUT2D eigenvalue weighted by Gasteiger charge is 2.44. The van der Waals surface area contributed by atoms with E-state index in [1.54, 1.807) is 0 Å². The summed E-state index contributed by atoms with van der Waals surface area (Å²) in [5.74, 6) is 3.10. The quantitative estimate of drug-likeness (QED) is 0.866. The van der Waals surface area contributed by atoms with E-state index in [4.69, 9.17) is 10.5 Å². The molecule has 0 amide bonds. The van der Waals surface area contributed by atoms with Crippen LogP contribution in [-0.4, -0.2) is 54.3 Å². The molecule has 2 saturated heterocycles. The van der Waals surface area contributed by atoms with Gasteiger partial charge in [0.25, 0.3) is 0 Å². The predicted octanol–water partition coefficient (Wildman–Crippen LogP) is 2.74. The summed E-state index contributed by atoms with van der Waals surface area (Å²) in [5, 5.41) is 0. The van der Waals surface area contributed by atoms with Gasteiger partial charge in [-0.1, -0.05) is 6.92 Å². The van der Waals surface area contributed by atoms with E-state index >= 15 is 0 Å². The Labute approximate surface area is 129 Å². The van der Waals surface area contributed by atoms with Crippen LogP contribution in [0.15, 0.2) is 0 Å². The fraction of sp³-hybridized carbons (Fsp3) is 1.00. The summed E-state index contributed by atoms with van der Waals surface area (Å²) >= 11 is 2.07. The van der Waals surface area contributed by atoms with E-state index in [2.05, 4.69) is 44.6 Å². The molecule has 0 aromatic carbocycles. The molecule has 2 aliphatic heterocycles. The Morgan fingerprint density at radius 1 is 1.40 bits per heavy atom. The van der Waals surface area contributed by atoms with Gasteiger partial charge in [0.1, 0.15) is 0 Å². The molecule has 0 aromatic heterocycles. The Balaban J connectivity index is 2.08. The molecule has 2 aliphatic rings. The van der Waals surface area contributed by atoms with Gasteiger partial charge in [-0.05, 0) is 70.5 Å². The fourth-order valence-corrected chi connectivity index (χ4v) is 5.06. The molecule has 0 aromatic rings. The van der Waals surface area contributed by atoms with E-state index in [9.17, 15) is 0 Å². The first kappa shape index (κ1) is 16.6. The Bertz CT molecular complexity index is 312. The SMILES string of the molecule is CCC(C)(C(N)C1CCOC2(CCSCC2)C1)N(C)C. The van der Waals surface area contributed by atoms with Gasteiger partial charge >= 0.3 is 0 Å². The average Bonchev–Trinajstić information content (AvgIpc) is 2.46. The molecule has 0 radical (unpaired) electrons. The first-order valence-electron chi connectivity index (χ1n) is 8.08. The van der Waals surface area contributed by atoms with E-state index in [-0.39, 0.29) is 17.2 Å². The van der Waals surface area contributed by atoms with Crippen molar-refractivity contribution in [2.45, 2.75) is 63.1 Å². The monoisotopic (exact) mass is 300 g/mol. The molecule has 3 atom stereocenters. The van der Waals surface area contributed by atoms with Crippen LogP contribution >= 0.6 is 11.8 Å². The normalized spacial score (nSPS) is 31.2. The third-order valence-corrected chi connectivity index (χ3v) is 6.88. The van der Waals surface area contributed by atoms with Crippen LogP contribution in [0.25, 0.3) is 0 Å². The van der Waals surface area contributed by atoms with Gasteiger partial charge in [-0.15, -0.1) is 0 Å². The highest BCUT2D eigenvalue weighted by molar-refractivity contribution is 7.99. The van der Waals surface area contributed by atoms with Crippen molar-refractivity contribution in [1.29, 1.82) is 0 Å². The first-order valence-corrected chi connectivity index (χ1v) is 9.24. The highest BCUT2D eigenvalue weighted by atomic mass is 32.2. The lowest BCUT2D eigenvalue weighted by Crippen LogP contribution is -2.60. The minimum absolute atomic E-state index is 0.0899. The molecule has 20 heavy (non-hydrogen) atoms. The van der Waals surface area contributed by atoms with Crippen molar-refractivity contribution < 1.29 is 4.74 Å². The van der Waals surface area contributed by atoms with Crippen LogP contribution in [-0.2, 0) is 4.74 Å². The van der Waals surface area contributed by atoms with Gasteiger partial charge in [-0.25, -0.2) is 0 Å². The number of thioether (sulfide) groups is 1. The van der Waals surface area contributed by atoms with Crippen LogP contribution in [0.3, 0.4) is 0 Å². The average molecular weight is 301 g/mol. The lowest BCUT2D eigenvalue weighted by Gasteiger charge is -2.50. The molecule has 0 saturated carbocycles. The number of rotatable bonds is 4. The summed E-state index contributed by atoms with van der Waals surface area (Å²) in [4.78, 5) is 2.32. The summed E-state index contributed by atoms with van der Waals surface area (Å²) < 4.78 is 6.21. The van der Waals surface area contributed by atoms with Crippen molar-refractivity contribution in [1.82, 2.24) is 4.90 Å². The maximum absolute atomic E-state index is 6.73. The molecule has 3 nitrogen and oxygen atoms in total. The molecule has 0 aliphatic carbocycles. The van der Waals surface area contributed by atoms with Gasteiger partial charge in [0, 0.05) is 18.2 Å². The zero-order chi connectivity index (χ0) is 14.8. The van der Waals surface area contributed by atoms with Gasteiger partial charge in [0.2, 0.25) is 0 Å². The zero-order valence-corrected chi connectivity index (χ0v) is 14.5. The summed E-state index contributed by atoms with van der Waals surface area (Å²) in [6, 6.07) is 0.234. The Kier molecular flexibility index (Phi) is 5.44. The number of hydrogen-bond acceptors (Lipinski definition) is 4. The number of ether oxygens (including phenoxy) is 1. The number of nitrogens with two attached hydrogens (primary N) is 1. The topological polar surface area (TPSA) is 38.5 Å². The standard InChI is InChI=1S/C16H32N2OS/c1-5-15(2,18(3)4)14(17)13-6-9-19-16(12-13)7-10-20-11-8-16/h13-14H,5-12,17H2,1-4H3. The first-order chi connectivity index (χ1) is 9.43. The highest BCUT2D eigenvalue weighted by Crippen LogP contribution is 2.42. The molecule has 2 fully saturated rings. The van der Waals surface area contributed by atoms with Gasteiger partial charge < -0.3 is 15.4 Å². The number of nitrogens with zero attached hydrogens (tertiary/aromatic N) is 1. The maximum Gasteiger partial charge on any atom is 0.0701 e. The minimum Gasteiger partial charge on any atom is -0.375 e. The second-order valence-corrected chi connectivity index (χ2v) is 8.25. The van der Waals surface area contributed by atoms with Gasteiger partial charge in [-0.2, -0.15) is 11.8 Å². The van der Waals surface area contributed by atoms with Crippen molar-refractivity contribution in [2.75, 3.05) is 32.2 Å². The molecule has 4 heteroatoms. The second kappa shape index (κ2) is 6.55. The van der Waals surface area contributed by atoms with E-state index in [1.165, 1.54) is 24.3 Å². The van der Waals surface area contributed by atoms with Crippen molar-refractivity contribution in [3.63, 3.8) is 0 Å². The van der Waals surface area contributed by atoms with E-state index < -0.39 is 0 Å². The van der Waals surface area contributed by atoms with Crippen LogP contribution in [0.4, 0.5) is 0 Å². The van der Waals surface area contributed by atoms with Crippen molar-refractivity contribution in [3.8, 4) is 0 Å². The molecule has 1 spiro atoms.